The molecule has 0 unspecified atom stereocenters. The van der Waals surface area contributed by atoms with E-state index in [0.29, 0.717) is 19.2 Å². The van der Waals surface area contributed by atoms with Crippen LogP contribution in [-0.4, -0.2) is 35.3 Å². The fraction of sp³-hybridized carbons (Fsp3) is 0.455. The Morgan fingerprint density at radius 1 is 1.00 bits per heavy atom. The number of aliphatic hydroxyl groups excluding tert-OH is 1. The Morgan fingerprint density at radius 3 is 2.40 bits per heavy atom. The van der Waals surface area contributed by atoms with E-state index in [-0.39, 0.29) is 0 Å². The van der Waals surface area contributed by atoms with Gasteiger partial charge in [-0.2, -0.15) is 0 Å². The molecule has 3 heteroatoms. The molecule has 0 aromatic heterocycles. The molecule has 0 aliphatic rings. The van der Waals surface area contributed by atoms with Crippen molar-refractivity contribution in [1.82, 2.24) is 4.90 Å². The van der Waals surface area contributed by atoms with Crippen LogP contribution >= 0.6 is 0 Å². The molecule has 1 N–H and O–H groups in total. The average molecular weight is 341 g/mol. The summed E-state index contributed by atoms with van der Waals surface area (Å²) in [6.07, 6.45) is -0.521. The third kappa shape index (κ3) is 5.87. The first-order chi connectivity index (χ1) is 11.9. The fourth-order valence-corrected chi connectivity index (χ4v) is 2.88. The van der Waals surface area contributed by atoms with E-state index in [2.05, 4.69) is 50.8 Å². The Morgan fingerprint density at radius 2 is 1.72 bits per heavy atom. The number of para-hydroxylation sites is 1. The molecule has 2 rings (SSSR count). The second-order valence-electron chi connectivity index (χ2n) is 7.18. The van der Waals surface area contributed by atoms with Crippen molar-refractivity contribution in [1.29, 1.82) is 0 Å². The van der Waals surface area contributed by atoms with Crippen LogP contribution in [0.3, 0.4) is 0 Å². The van der Waals surface area contributed by atoms with Crippen LogP contribution in [0, 0.1) is 20.8 Å². The molecule has 0 spiro atoms. The van der Waals surface area contributed by atoms with Crippen molar-refractivity contribution in [2.24, 2.45) is 0 Å². The van der Waals surface area contributed by atoms with Crippen molar-refractivity contribution >= 4 is 0 Å². The third-order valence-corrected chi connectivity index (χ3v) is 4.58. The van der Waals surface area contributed by atoms with Crippen LogP contribution in [0.4, 0.5) is 0 Å². The highest BCUT2D eigenvalue weighted by atomic mass is 16.5. The van der Waals surface area contributed by atoms with E-state index in [4.69, 9.17) is 4.74 Å². The first-order valence-corrected chi connectivity index (χ1v) is 9.03. The molecule has 0 aliphatic heterocycles. The molecule has 0 radical (unpaired) electrons. The second kappa shape index (κ2) is 9.02. The molecule has 136 valence electrons. The number of hydrogen-bond acceptors (Lipinski definition) is 3. The smallest absolute Gasteiger partial charge is 0.122 e. The zero-order valence-electron chi connectivity index (χ0n) is 16.1. The highest BCUT2D eigenvalue weighted by Gasteiger charge is 2.17. The molecule has 2 aromatic rings. The Labute approximate surface area is 152 Å². The topological polar surface area (TPSA) is 32.7 Å². The van der Waals surface area contributed by atoms with Gasteiger partial charge < -0.3 is 9.84 Å². The summed E-state index contributed by atoms with van der Waals surface area (Å²) in [5.41, 5.74) is 4.97. The van der Waals surface area contributed by atoms with Gasteiger partial charge in [-0.25, -0.2) is 0 Å². The molecule has 0 saturated heterocycles. The molecule has 3 nitrogen and oxygen atoms in total. The summed E-state index contributed by atoms with van der Waals surface area (Å²) in [7, 11) is 0. The molecule has 1 atom stereocenters. The Hall–Kier alpha value is -1.84. The standard InChI is InChI=1S/C22H31NO2/c1-16(2)23(13-20-12-17(3)10-11-18(20)4)14-21(24)15-25-22-9-7-6-8-19(22)5/h6-12,16,21,24H,13-15H2,1-5H3/t21-/m0/s1. The van der Waals surface area contributed by atoms with E-state index < -0.39 is 6.10 Å². The van der Waals surface area contributed by atoms with Gasteiger partial charge in [0, 0.05) is 19.1 Å². The van der Waals surface area contributed by atoms with Crippen LogP contribution in [0.2, 0.25) is 0 Å². The van der Waals surface area contributed by atoms with Gasteiger partial charge in [-0.3, -0.25) is 4.90 Å². The number of nitrogens with zero attached hydrogens (tertiary/aromatic N) is 1. The van der Waals surface area contributed by atoms with Crippen molar-refractivity contribution < 1.29 is 9.84 Å². The summed E-state index contributed by atoms with van der Waals surface area (Å²) in [6, 6.07) is 14.8. The lowest BCUT2D eigenvalue weighted by Crippen LogP contribution is -2.39. The monoisotopic (exact) mass is 341 g/mol. The van der Waals surface area contributed by atoms with Crippen molar-refractivity contribution in [3.63, 3.8) is 0 Å². The van der Waals surface area contributed by atoms with Crippen molar-refractivity contribution in [3.8, 4) is 5.75 Å². The SMILES string of the molecule is Cc1ccc(C)c(CN(C[C@H](O)COc2ccccc2C)C(C)C)c1. The summed E-state index contributed by atoms with van der Waals surface area (Å²) in [5, 5.41) is 10.5. The summed E-state index contributed by atoms with van der Waals surface area (Å²) in [4.78, 5) is 2.30. The molecule has 0 aliphatic carbocycles. The first-order valence-electron chi connectivity index (χ1n) is 9.03. The zero-order valence-corrected chi connectivity index (χ0v) is 16.1. The van der Waals surface area contributed by atoms with Gasteiger partial charge in [-0.15, -0.1) is 0 Å². The largest absolute Gasteiger partial charge is 0.491 e. The third-order valence-electron chi connectivity index (χ3n) is 4.58. The van der Waals surface area contributed by atoms with Crippen LogP contribution in [0.5, 0.6) is 5.75 Å². The maximum atomic E-state index is 10.5. The van der Waals surface area contributed by atoms with E-state index in [0.717, 1.165) is 17.9 Å². The maximum Gasteiger partial charge on any atom is 0.122 e. The van der Waals surface area contributed by atoms with E-state index in [1.165, 1.54) is 16.7 Å². The van der Waals surface area contributed by atoms with Crippen LogP contribution in [0.15, 0.2) is 42.5 Å². The van der Waals surface area contributed by atoms with Crippen molar-refractivity contribution in [3.05, 3.63) is 64.7 Å². The highest BCUT2D eigenvalue weighted by Crippen LogP contribution is 2.18. The number of aryl methyl sites for hydroxylation is 3. The van der Waals surface area contributed by atoms with E-state index in [9.17, 15) is 5.11 Å². The van der Waals surface area contributed by atoms with Gasteiger partial charge in [-0.05, 0) is 57.4 Å². The molecule has 0 amide bonds. The summed E-state index contributed by atoms with van der Waals surface area (Å²) in [5.74, 6) is 0.840. The lowest BCUT2D eigenvalue weighted by Gasteiger charge is -2.29. The van der Waals surface area contributed by atoms with Gasteiger partial charge in [0.25, 0.3) is 0 Å². The predicted molar refractivity (Wildman–Crippen MR) is 104 cm³/mol. The normalized spacial score (nSPS) is 12.6. The molecule has 0 bridgehead atoms. The Bertz CT molecular complexity index is 681. The highest BCUT2D eigenvalue weighted by molar-refractivity contribution is 5.32. The van der Waals surface area contributed by atoms with Gasteiger partial charge in [0.05, 0.1) is 0 Å². The first kappa shape index (κ1) is 19.5. The van der Waals surface area contributed by atoms with Gasteiger partial charge in [0.2, 0.25) is 0 Å². The van der Waals surface area contributed by atoms with Gasteiger partial charge >= 0.3 is 0 Å². The second-order valence-corrected chi connectivity index (χ2v) is 7.18. The van der Waals surface area contributed by atoms with Crippen LogP contribution in [0.25, 0.3) is 0 Å². The lowest BCUT2D eigenvalue weighted by molar-refractivity contribution is 0.0540. The van der Waals surface area contributed by atoms with E-state index >= 15 is 0 Å². The minimum Gasteiger partial charge on any atom is -0.491 e. The minimum absolute atomic E-state index is 0.306. The molecule has 2 aromatic carbocycles. The van der Waals surface area contributed by atoms with Crippen LogP contribution < -0.4 is 4.74 Å². The number of aliphatic hydroxyl groups is 1. The van der Waals surface area contributed by atoms with Crippen LogP contribution in [0.1, 0.15) is 36.1 Å². The van der Waals surface area contributed by atoms with Crippen molar-refractivity contribution in [2.45, 2.75) is 53.3 Å². The van der Waals surface area contributed by atoms with Gasteiger partial charge in [-0.1, -0.05) is 42.0 Å². The Kier molecular flexibility index (Phi) is 7.03. The molecule has 25 heavy (non-hydrogen) atoms. The number of benzene rings is 2. The van der Waals surface area contributed by atoms with Crippen LogP contribution in [-0.2, 0) is 6.54 Å². The summed E-state index contributed by atoms with van der Waals surface area (Å²) in [6.45, 7) is 12.4. The lowest BCUT2D eigenvalue weighted by atomic mass is 10.0. The molecular formula is C22H31NO2. The summed E-state index contributed by atoms with van der Waals surface area (Å²) >= 11 is 0. The predicted octanol–water partition coefficient (Wildman–Crippen LogP) is 4.26. The Balaban J connectivity index is 1.96. The average Bonchev–Trinajstić information content (AvgIpc) is 2.56. The number of rotatable bonds is 8. The summed E-state index contributed by atoms with van der Waals surface area (Å²) < 4.78 is 5.80. The zero-order chi connectivity index (χ0) is 18.4. The van der Waals surface area contributed by atoms with E-state index in [1.807, 2.05) is 31.2 Å². The maximum absolute atomic E-state index is 10.5. The molecule has 0 heterocycles. The van der Waals surface area contributed by atoms with Crippen molar-refractivity contribution in [2.75, 3.05) is 13.2 Å². The number of hydrogen-bond donors (Lipinski definition) is 1. The van der Waals surface area contributed by atoms with Gasteiger partial charge in [0.15, 0.2) is 0 Å². The van der Waals surface area contributed by atoms with E-state index in [1.54, 1.807) is 0 Å². The molecular weight excluding hydrogens is 310 g/mol. The number of ether oxygens (including phenoxy) is 1. The quantitative estimate of drug-likeness (QED) is 0.778. The minimum atomic E-state index is -0.521. The van der Waals surface area contributed by atoms with Gasteiger partial charge in [0.1, 0.15) is 18.5 Å². The molecule has 0 saturated carbocycles. The fourth-order valence-electron chi connectivity index (χ4n) is 2.88. The molecule has 0 fully saturated rings.